The van der Waals surface area contributed by atoms with E-state index >= 15 is 0 Å². The molecule has 0 unspecified atom stereocenters. The zero-order chi connectivity index (χ0) is 20.4. The highest BCUT2D eigenvalue weighted by Gasteiger charge is 2.20. The van der Waals surface area contributed by atoms with Crippen molar-refractivity contribution in [2.24, 2.45) is 0 Å². The van der Waals surface area contributed by atoms with Crippen LogP contribution >= 0.6 is 11.3 Å². The summed E-state index contributed by atoms with van der Waals surface area (Å²) in [6.45, 7) is 5.52. The fraction of sp³-hybridized carbons (Fsp3) is 0.300. The van der Waals surface area contributed by atoms with Gasteiger partial charge in [-0.2, -0.15) is 0 Å². The summed E-state index contributed by atoms with van der Waals surface area (Å²) >= 11 is 1.14. The van der Waals surface area contributed by atoms with Gasteiger partial charge in [-0.25, -0.2) is 14.6 Å². The van der Waals surface area contributed by atoms with Crippen LogP contribution in [-0.2, 0) is 16.0 Å². The predicted molar refractivity (Wildman–Crippen MR) is 106 cm³/mol. The third-order valence-electron chi connectivity index (χ3n) is 4.15. The molecule has 0 bridgehead atoms. The molecule has 0 amide bonds. The van der Waals surface area contributed by atoms with E-state index < -0.39 is 11.9 Å². The molecule has 0 saturated heterocycles. The number of aryl methyl sites for hydroxylation is 1. The highest BCUT2D eigenvalue weighted by Crippen LogP contribution is 2.27. The second-order valence-electron chi connectivity index (χ2n) is 6.56. The average molecular weight is 400 g/mol. The molecular weight excluding hydrogens is 380 g/mol. The number of aromatic nitrogens is 2. The molecule has 0 fully saturated rings. The van der Waals surface area contributed by atoms with E-state index in [1.54, 1.807) is 39.0 Å². The van der Waals surface area contributed by atoms with E-state index in [0.717, 1.165) is 16.9 Å². The van der Waals surface area contributed by atoms with Crippen LogP contribution in [0.15, 0.2) is 35.4 Å². The lowest BCUT2D eigenvalue weighted by atomic mass is 10.1. The summed E-state index contributed by atoms with van der Waals surface area (Å²) in [7, 11) is 1.30. The van der Waals surface area contributed by atoms with Crippen LogP contribution in [0.4, 0.5) is 0 Å². The second-order valence-corrected chi connectivity index (χ2v) is 7.56. The van der Waals surface area contributed by atoms with Crippen LogP contribution in [0.25, 0.3) is 10.2 Å². The van der Waals surface area contributed by atoms with Gasteiger partial charge in [0.05, 0.1) is 37.0 Å². The van der Waals surface area contributed by atoms with Crippen molar-refractivity contribution in [2.45, 2.75) is 33.4 Å². The number of fused-ring (bicyclic) bond motifs is 1. The monoisotopic (exact) mass is 400 g/mol. The van der Waals surface area contributed by atoms with Gasteiger partial charge in [0.15, 0.2) is 0 Å². The van der Waals surface area contributed by atoms with Crippen LogP contribution in [-0.4, -0.2) is 34.7 Å². The van der Waals surface area contributed by atoms with Crippen LogP contribution < -0.4 is 5.56 Å². The molecule has 0 aliphatic carbocycles. The van der Waals surface area contributed by atoms with Gasteiger partial charge in [0.1, 0.15) is 9.71 Å². The van der Waals surface area contributed by atoms with Gasteiger partial charge in [0.25, 0.3) is 5.56 Å². The van der Waals surface area contributed by atoms with Crippen molar-refractivity contribution >= 4 is 33.5 Å². The Morgan fingerprint density at radius 2 is 2.00 bits per heavy atom. The van der Waals surface area contributed by atoms with Gasteiger partial charge in [-0.15, -0.1) is 11.3 Å². The first-order valence-corrected chi connectivity index (χ1v) is 9.50. The quantitative estimate of drug-likeness (QED) is 0.612. The Bertz CT molecular complexity index is 1110. The Hall–Kier alpha value is -3.00. The number of carbonyl (C=O) groups excluding carboxylic acids is 2. The number of benzene rings is 1. The third-order valence-corrected chi connectivity index (χ3v) is 5.33. The molecule has 28 heavy (non-hydrogen) atoms. The van der Waals surface area contributed by atoms with E-state index in [0.29, 0.717) is 26.2 Å². The fourth-order valence-electron chi connectivity index (χ4n) is 2.83. The van der Waals surface area contributed by atoms with Crippen molar-refractivity contribution < 1.29 is 19.1 Å². The molecule has 8 heteroatoms. The molecule has 3 aromatic rings. The van der Waals surface area contributed by atoms with Crippen LogP contribution in [0.5, 0.6) is 0 Å². The van der Waals surface area contributed by atoms with Gasteiger partial charge in [0.2, 0.25) is 0 Å². The number of ether oxygens (including phenoxy) is 2. The number of hydrogen-bond donors (Lipinski definition) is 0. The number of esters is 2. The largest absolute Gasteiger partial charge is 0.465 e. The number of nitrogens with zero attached hydrogens (tertiary/aromatic N) is 2. The molecule has 146 valence electrons. The Labute approximate surface area is 165 Å². The minimum absolute atomic E-state index is 0.212. The van der Waals surface area contributed by atoms with E-state index in [2.05, 4.69) is 4.98 Å². The van der Waals surface area contributed by atoms with Crippen molar-refractivity contribution in [1.82, 2.24) is 9.55 Å². The maximum absolute atomic E-state index is 12.9. The third kappa shape index (κ3) is 3.82. The van der Waals surface area contributed by atoms with Gasteiger partial charge in [-0.05, 0) is 44.0 Å². The number of rotatable bonds is 5. The molecule has 0 N–H and O–H groups in total. The van der Waals surface area contributed by atoms with E-state index in [1.807, 2.05) is 6.07 Å². The zero-order valence-corrected chi connectivity index (χ0v) is 16.8. The van der Waals surface area contributed by atoms with E-state index in [9.17, 15) is 14.4 Å². The predicted octanol–water partition coefficient (Wildman–Crippen LogP) is 3.17. The number of hydrogen-bond acceptors (Lipinski definition) is 7. The topological polar surface area (TPSA) is 87.5 Å². The number of methoxy groups -OCH3 is 1. The summed E-state index contributed by atoms with van der Waals surface area (Å²) in [6.07, 6.45) is 1.23. The van der Waals surface area contributed by atoms with Crippen molar-refractivity contribution in [3.05, 3.63) is 62.5 Å². The first-order chi connectivity index (χ1) is 13.3. The van der Waals surface area contributed by atoms with Gasteiger partial charge in [0, 0.05) is 0 Å². The summed E-state index contributed by atoms with van der Waals surface area (Å²) in [5, 5.41) is 0.406. The Morgan fingerprint density at radius 3 is 2.68 bits per heavy atom. The summed E-state index contributed by atoms with van der Waals surface area (Å²) < 4.78 is 11.4. The normalized spacial score (nSPS) is 11.0. The molecule has 3 rings (SSSR count). The molecule has 0 saturated carbocycles. The lowest BCUT2D eigenvalue weighted by molar-refractivity contribution is 0.0377. The minimum Gasteiger partial charge on any atom is -0.465 e. The standard InChI is InChI=1S/C20H20N2O5S/c1-11(2)27-19(24)14-7-5-6-13(8-14)9-22-10-21-17-15(18(22)23)12(3)16(28-17)20(25)26-4/h5-8,10-11H,9H2,1-4H3. The number of carbonyl (C=O) groups is 2. The van der Waals surface area contributed by atoms with Gasteiger partial charge < -0.3 is 9.47 Å². The van der Waals surface area contributed by atoms with E-state index in [-0.39, 0.29) is 18.2 Å². The summed E-state index contributed by atoms with van der Waals surface area (Å²) in [6, 6.07) is 6.93. The molecular formula is C20H20N2O5S. The van der Waals surface area contributed by atoms with E-state index in [4.69, 9.17) is 9.47 Å². The highest BCUT2D eigenvalue weighted by atomic mass is 32.1. The molecule has 0 aliphatic heterocycles. The van der Waals surface area contributed by atoms with Crippen molar-refractivity contribution in [3.63, 3.8) is 0 Å². The second kappa shape index (κ2) is 7.93. The molecule has 7 nitrogen and oxygen atoms in total. The first-order valence-electron chi connectivity index (χ1n) is 8.68. The first kappa shape index (κ1) is 19.8. The maximum atomic E-state index is 12.9. The summed E-state index contributed by atoms with van der Waals surface area (Å²) in [5.41, 5.74) is 1.51. The Morgan fingerprint density at radius 1 is 1.25 bits per heavy atom. The lowest BCUT2D eigenvalue weighted by Gasteiger charge is -2.10. The maximum Gasteiger partial charge on any atom is 0.348 e. The van der Waals surface area contributed by atoms with E-state index in [1.165, 1.54) is 18.0 Å². The minimum atomic E-state index is -0.484. The molecule has 0 atom stereocenters. The highest BCUT2D eigenvalue weighted by molar-refractivity contribution is 7.20. The molecule has 0 aliphatic rings. The van der Waals surface area contributed by atoms with Gasteiger partial charge in [-0.3, -0.25) is 9.36 Å². The van der Waals surface area contributed by atoms with Crippen LogP contribution in [0.3, 0.4) is 0 Å². The smallest absolute Gasteiger partial charge is 0.348 e. The average Bonchev–Trinajstić information content (AvgIpc) is 3.00. The molecule has 1 aromatic carbocycles. The zero-order valence-electron chi connectivity index (χ0n) is 16.0. The van der Waals surface area contributed by atoms with Crippen LogP contribution in [0.1, 0.15) is 45.0 Å². The Kier molecular flexibility index (Phi) is 5.60. The Balaban J connectivity index is 1.96. The summed E-state index contributed by atoms with van der Waals surface area (Å²) in [5.74, 6) is -0.892. The van der Waals surface area contributed by atoms with Crippen molar-refractivity contribution in [3.8, 4) is 0 Å². The molecule has 0 radical (unpaired) electrons. The summed E-state index contributed by atoms with van der Waals surface area (Å²) in [4.78, 5) is 42.1. The lowest BCUT2D eigenvalue weighted by Crippen LogP contribution is -2.21. The molecule has 2 aromatic heterocycles. The van der Waals surface area contributed by atoms with Gasteiger partial charge in [-0.1, -0.05) is 12.1 Å². The van der Waals surface area contributed by atoms with Crippen LogP contribution in [0.2, 0.25) is 0 Å². The van der Waals surface area contributed by atoms with Crippen molar-refractivity contribution in [1.29, 1.82) is 0 Å². The number of thiophene rings is 1. The van der Waals surface area contributed by atoms with Gasteiger partial charge >= 0.3 is 11.9 Å². The fourth-order valence-corrected chi connectivity index (χ4v) is 3.89. The SMILES string of the molecule is COC(=O)c1sc2ncn(Cc3cccc(C(=O)OC(C)C)c3)c(=O)c2c1C. The van der Waals surface area contributed by atoms with Crippen LogP contribution in [0, 0.1) is 6.92 Å². The molecule has 0 spiro atoms. The molecule has 2 heterocycles. The van der Waals surface area contributed by atoms with Crippen molar-refractivity contribution in [2.75, 3.05) is 7.11 Å².